The molecular weight excluding hydrogens is 439 g/mol. The van der Waals surface area contributed by atoms with Crippen LogP contribution in [0.25, 0.3) is 0 Å². The molecule has 1 aliphatic carbocycles. The van der Waals surface area contributed by atoms with E-state index in [1.807, 2.05) is 6.92 Å². The smallest absolute Gasteiger partial charge is 0.330 e. The highest BCUT2D eigenvalue weighted by atomic mass is 19.1. The fourth-order valence-corrected chi connectivity index (χ4v) is 4.69. The molecule has 2 amide bonds. The Labute approximate surface area is 199 Å². The van der Waals surface area contributed by atoms with E-state index < -0.39 is 17.6 Å². The van der Waals surface area contributed by atoms with Crippen LogP contribution in [0.4, 0.5) is 26.6 Å². The van der Waals surface area contributed by atoms with E-state index in [4.69, 9.17) is 4.74 Å². The Morgan fingerprint density at radius 3 is 2.62 bits per heavy atom. The first-order chi connectivity index (χ1) is 16.3. The molecule has 0 unspecified atom stereocenters. The van der Waals surface area contributed by atoms with E-state index in [0.717, 1.165) is 25.7 Å². The number of urea groups is 1. The fourth-order valence-electron chi connectivity index (χ4n) is 4.69. The number of rotatable bonds is 7. The molecule has 2 aliphatic rings. The molecule has 1 fully saturated rings. The number of ether oxygens (including phenoxy) is 1. The summed E-state index contributed by atoms with van der Waals surface area (Å²) in [5.74, 6) is -0.133. The first-order valence-corrected chi connectivity index (χ1v) is 11.9. The molecule has 0 saturated heterocycles. The lowest BCUT2D eigenvalue weighted by molar-refractivity contribution is 0.221. The minimum atomic E-state index is -0.871. The predicted molar refractivity (Wildman–Crippen MR) is 129 cm³/mol. The van der Waals surface area contributed by atoms with Gasteiger partial charge in [0.15, 0.2) is 11.6 Å². The molecular formula is C24H33FN6O3. The number of anilines is 3. The molecule has 0 bridgehead atoms. The second kappa shape index (κ2) is 10.0. The Morgan fingerprint density at radius 1 is 1.24 bits per heavy atom. The van der Waals surface area contributed by atoms with Crippen molar-refractivity contribution in [1.82, 2.24) is 14.9 Å². The van der Waals surface area contributed by atoms with E-state index in [1.165, 1.54) is 21.9 Å². The molecule has 1 aliphatic heterocycles. The van der Waals surface area contributed by atoms with Gasteiger partial charge in [0.1, 0.15) is 11.6 Å². The number of halogens is 1. The van der Waals surface area contributed by atoms with Gasteiger partial charge in [-0.05, 0) is 53.6 Å². The Bertz CT molecular complexity index is 1040. The van der Waals surface area contributed by atoms with Crippen LogP contribution < -0.4 is 19.9 Å². The van der Waals surface area contributed by atoms with Crippen molar-refractivity contribution in [2.45, 2.75) is 58.2 Å². The Morgan fingerprint density at radius 2 is 1.97 bits per heavy atom. The third kappa shape index (κ3) is 4.72. The fraction of sp³-hybridized carbons (Fsp3) is 0.542. The van der Waals surface area contributed by atoms with E-state index >= 15 is 0 Å². The summed E-state index contributed by atoms with van der Waals surface area (Å²) in [5, 5.41) is 13.5. The van der Waals surface area contributed by atoms with Crippen molar-refractivity contribution in [3.63, 3.8) is 0 Å². The van der Waals surface area contributed by atoms with E-state index in [-0.39, 0.29) is 18.0 Å². The molecule has 10 heteroatoms. The lowest BCUT2D eigenvalue weighted by Crippen LogP contribution is -2.48. The summed E-state index contributed by atoms with van der Waals surface area (Å²) < 4.78 is 20.3. The summed E-state index contributed by atoms with van der Waals surface area (Å²) in [6.07, 6.45) is 5.98. The van der Waals surface area contributed by atoms with Crippen molar-refractivity contribution in [2.24, 2.45) is 0 Å². The van der Waals surface area contributed by atoms with E-state index in [9.17, 15) is 14.3 Å². The quantitative estimate of drug-likeness (QED) is 0.630. The van der Waals surface area contributed by atoms with E-state index in [2.05, 4.69) is 34.3 Å². The number of amides is 2. The average Bonchev–Trinajstić information content (AvgIpc) is 2.82. The third-order valence-electron chi connectivity index (χ3n) is 6.57. The van der Waals surface area contributed by atoms with Gasteiger partial charge in [0, 0.05) is 42.5 Å². The topological polar surface area (TPSA) is 94.1 Å². The van der Waals surface area contributed by atoms with Crippen LogP contribution in [0.5, 0.6) is 11.5 Å². The van der Waals surface area contributed by atoms with Crippen molar-refractivity contribution in [1.29, 1.82) is 0 Å². The van der Waals surface area contributed by atoms with Crippen LogP contribution in [0.1, 0.15) is 45.1 Å². The number of hydrogen-bond acceptors (Lipinski definition) is 7. The maximum Gasteiger partial charge on any atom is 0.330 e. The number of nitrogens with one attached hydrogen (secondary N) is 1. The third-order valence-corrected chi connectivity index (χ3v) is 6.57. The summed E-state index contributed by atoms with van der Waals surface area (Å²) in [6.45, 7) is 4.42. The number of phenolic OH excluding ortho intramolecular Hbond substituents is 1. The molecule has 1 saturated carbocycles. The van der Waals surface area contributed by atoms with Crippen molar-refractivity contribution < 1.29 is 19.0 Å². The summed E-state index contributed by atoms with van der Waals surface area (Å²) in [6, 6.07) is 3.10. The van der Waals surface area contributed by atoms with Crippen molar-refractivity contribution in [3.05, 3.63) is 29.7 Å². The standard InChI is InChI=1S/C24H33FN6O3/c1-5-30-22-15(13-26-23(28-22)27-16-7-9-17(10-8-16)29(3)4)14-31(24(30)33)19-11-18(34-6-2)12-20(32)21(19)25/h11-13,16-17,32H,5-10,14H2,1-4H3,(H,26,27,28). The zero-order valence-electron chi connectivity index (χ0n) is 20.2. The molecule has 4 rings (SSSR count). The molecule has 1 aromatic heterocycles. The summed E-state index contributed by atoms with van der Waals surface area (Å²) in [4.78, 5) is 27.5. The van der Waals surface area contributed by atoms with E-state index in [0.29, 0.717) is 42.6 Å². The minimum Gasteiger partial charge on any atom is -0.505 e. The zero-order chi connectivity index (χ0) is 24.4. The van der Waals surface area contributed by atoms with Gasteiger partial charge in [-0.3, -0.25) is 9.80 Å². The van der Waals surface area contributed by atoms with Gasteiger partial charge in [-0.2, -0.15) is 4.98 Å². The number of benzene rings is 1. The molecule has 0 radical (unpaired) electrons. The highest BCUT2D eigenvalue weighted by Gasteiger charge is 2.34. The van der Waals surface area contributed by atoms with Gasteiger partial charge < -0.3 is 20.1 Å². The number of aromatic nitrogens is 2. The van der Waals surface area contributed by atoms with E-state index in [1.54, 1.807) is 13.1 Å². The Kier molecular flexibility index (Phi) is 7.06. The van der Waals surface area contributed by atoms with Crippen LogP contribution in [0.3, 0.4) is 0 Å². The van der Waals surface area contributed by atoms with Gasteiger partial charge in [0.05, 0.1) is 18.8 Å². The molecule has 1 aromatic carbocycles. The number of carbonyl (C=O) groups excluding carboxylic acids is 1. The van der Waals surface area contributed by atoms with Gasteiger partial charge in [-0.1, -0.05) is 0 Å². The van der Waals surface area contributed by atoms with Crippen LogP contribution in [0, 0.1) is 5.82 Å². The SMILES string of the molecule is CCOc1cc(O)c(F)c(N2Cc3cnc(NC4CCC(N(C)C)CC4)nc3N(CC)C2=O)c1. The van der Waals surface area contributed by atoms with Crippen LogP contribution in [-0.4, -0.2) is 65.3 Å². The monoisotopic (exact) mass is 472 g/mol. The first kappa shape index (κ1) is 24.0. The number of hydrogen-bond donors (Lipinski definition) is 2. The average molecular weight is 473 g/mol. The van der Waals surface area contributed by atoms with Crippen molar-refractivity contribution in [2.75, 3.05) is 42.4 Å². The lowest BCUT2D eigenvalue weighted by Gasteiger charge is -2.36. The highest BCUT2D eigenvalue weighted by molar-refractivity contribution is 6.05. The molecule has 0 spiro atoms. The van der Waals surface area contributed by atoms with Crippen LogP contribution in [0.2, 0.25) is 0 Å². The largest absolute Gasteiger partial charge is 0.505 e. The maximum absolute atomic E-state index is 14.8. The van der Waals surface area contributed by atoms with Crippen LogP contribution in [0.15, 0.2) is 18.3 Å². The summed E-state index contributed by atoms with van der Waals surface area (Å²) in [7, 11) is 4.23. The lowest BCUT2D eigenvalue weighted by atomic mass is 9.91. The van der Waals surface area contributed by atoms with Gasteiger partial charge in [-0.15, -0.1) is 0 Å². The Hall–Kier alpha value is -3.14. The second-order valence-electron chi connectivity index (χ2n) is 8.98. The van der Waals surface area contributed by atoms with Crippen LogP contribution >= 0.6 is 0 Å². The molecule has 34 heavy (non-hydrogen) atoms. The first-order valence-electron chi connectivity index (χ1n) is 11.9. The highest BCUT2D eigenvalue weighted by Crippen LogP contribution is 2.37. The molecule has 2 N–H and O–H groups in total. The van der Waals surface area contributed by atoms with Crippen molar-refractivity contribution >= 4 is 23.5 Å². The van der Waals surface area contributed by atoms with Gasteiger partial charge in [0.2, 0.25) is 5.95 Å². The molecule has 2 heterocycles. The Balaban J connectivity index is 1.57. The summed E-state index contributed by atoms with van der Waals surface area (Å²) >= 11 is 0. The number of aromatic hydroxyl groups is 1. The van der Waals surface area contributed by atoms with Gasteiger partial charge >= 0.3 is 6.03 Å². The zero-order valence-corrected chi connectivity index (χ0v) is 20.2. The van der Waals surface area contributed by atoms with Crippen molar-refractivity contribution in [3.8, 4) is 11.5 Å². The van der Waals surface area contributed by atoms with Gasteiger partial charge in [0.25, 0.3) is 0 Å². The molecule has 0 atom stereocenters. The normalized spacial score (nSPS) is 20.5. The number of nitrogens with zero attached hydrogens (tertiary/aromatic N) is 5. The molecule has 9 nitrogen and oxygen atoms in total. The summed E-state index contributed by atoms with van der Waals surface area (Å²) in [5.41, 5.74) is 0.654. The van der Waals surface area contributed by atoms with Crippen LogP contribution in [-0.2, 0) is 6.54 Å². The number of fused-ring (bicyclic) bond motifs is 1. The predicted octanol–water partition coefficient (Wildman–Crippen LogP) is 3.97. The minimum absolute atomic E-state index is 0.0441. The number of carbonyl (C=O) groups is 1. The maximum atomic E-state index is 14.8. The number of phenols is 1. The molecule has 184 valence electrons. The van der Waals surface area contributed by atoms with Gasteiger partial charge in [-0.25, -0.2) is 14.2 Å². The second-order valence-corrected chi connectivity index (χ2v) is 8.98. The molecule has 2 aromatic rings.